The lowest BCUT2D eigenvalue weighted by molar-refractivity contribution is 0.377. The molecule has 2 aromatic rings. The van der Waals surface area contributed by atoms with Gasteiger partial charge in [-0.05, 0) is 24.6 Å². The summed E-state index contributed by atoms with van der Waals surface area (Å²) in [6, 6.07) is 3.11. The second-order valence-corrected chi connectivity index (χ2v) is 3.54. The van der Waals surface area contributed by atoms with Crippen molar-refractivity contribution in [3.8, 4) is 17.1 Å². The van der Waals surface area contributed by atoms with E-state index in [0.717, 1.165) is 5.56 Å². The molecule has 0 atom stereocenters. The number of methoxy groups -OCH3 is 1. The average molecular weight is 237 g/mol. The number of aryl methyl sites for hydroxylation is 1. The maximum absolute atomic E-state index is 13.6. The van der Waals surface area contributed by atoms with Crippen molar-refractivity contribution in [3.63, 3.8) is 0 Å². The summed E-state index contributed by atoms with van der Waals surface area (Å²) >= 11 is 0. The molecule has 0 aliphatic carbocycles. The molecule has 0 bridgehead atoms. The van der Waals surface area contributed by atoms with Gasteiger partial charge in [0.1, 0.15) is 0 Å². The lowest BCUT2D eigenvalue weighted by atomic mass is 10.1. The largest absolute Gasteiger partial charge is 0.493 e. The number of nitrogens with zero attached hydrogens (tertiary/aromatic N) is 2. The predicted molar refractivity (Wildman–Crippen MR) is 58.9 cm³/mol. The van der Waals surface area contributed by atoms with Crippen molar-refractivity contribution in [2.45, 2.75) is 13.5 Å². The molecule has 5 nitrogen and oxygen atoms in total. The first kappa shape index (κ1) is 11.5. The lowest BCUT2D eigenvalue weighted by Crippen LogP contribution is -1.97. The molecular weight excluding hydrogens is 225 g/mol. The third-order valence-electron chi connectivity index (χ3n) is 2.28. The van der Waals surface area contributed by atoms with Crippen LogP contribution in [-0.4, -0.2) is 17.3 Å². The highest BCUT2D eigenvalue weighted by Gasteiger charge is 2.16. The number of hydrogen-bond donors (Lipinski definition) is 1. The summed E-state index contributed by atoms with van der Waals surface area (Å²) in [5, 5.41) is 3.74. The Balaban J connectivity index is 2.57. The molecule has 90 valence electrons. The van der Waals surface area contributed by atoms with Crippen LogP contribution in [0.5, 0.6) is 5.75 Å². The summed E-state index contributed by atoms with van der Waals surface area (Å²) < 4.78 is 23.5. The Bertz CT molecular complexity index is 540. The molecule has 1 aromatic heterocycles. The second-order valence-electron chi connectivity index (χ2n) is 3.54. The van der Waals surface area contributed by atoms with Crippen molar-refractivity contribution in [1.82, 2.24) is 10.1 Å². The van der Waals surface area contributed by atoms with Crippen LogP contribution in [0.4, 0.5) is 4.39 Å². The Hall–Kier alpha value is -1.95. The molecule has 0 amide bonds. The van der Waals surface area contributed by atoms with Gasteiger partial charge in [-0.1, -0.05) is 5.16 Å². The van der Waals surface area contributed by atoms with E-state index in [1.807, 2.05) is 0 Å². The minimum atomic E-state index is -0.457. The molecule has 2 N–H and O–H groups in total. The normalized spacial score (nSPS) is 10.6. The zero-order chi connectivity index (χ0) is 12.4. The number of benzene rings is 1. The summed E-state index contributed by atoms with van der Waals surface area (Å²) in [5.41, 5.74) is 6.57. The van der Waals surface area contributed by atoms with Gasteiger partial charge < -0.3 is 15.0 Å². The van der Waals surface area contributed by atoms with Crippen LogP contribution >= 0.6 is 0 Å². The molecule has 2 rings (SSSR count). The number of aromatic nitrogens is 2. The fourth-order valence-electron chi connectivity index (χ4n) is 1.55. The lowest BCUT2D eigenvalue weighted by Gasteiger charge is -2.07. The van der Waals surface area contributed by atoms with E-state index in [0.29, 0.717) is 11.5 Å². The van der Waals surface area contributed by atoms with Crippen molar-refractivity contribution in [2.24, 2.45) is 5.73 Å². The van der Waals surface area contributed by atoms with Gasteiger partial charge in [0, 0.05) is 0 Å². The van der Waals surface area contributed by atoms with Crippen LogP contribution in [-0.2, 0) is 6.54 Å². The third kappa shape index (κ3) is 2.12. The van der Waals surface area contributed by atoms with Crippen molar-refractivity contribution in [2.75, 3.05) is 7.11 Å². The molecule has 0 fully saturated rings. The molecule has 0 unspecified atom stereocenters. The highest BCUT2D eigenvalue weighted by Crippen LogP contribution is 2.31. The van der Waals surface area contributed by atoms with Gasteiger partial charge >= 0.3 is 0 Å². The Kier molecular flexibility index (Phi) is 3.06. The minimum Gasteiger partial charge on any atom is -0.493 e. The first-order valence-corrected chi connectivity index (χ1v) is 5.03. The standard InChI is InChI=1S/C11H12FN3O2/c1-6-3-7(10(16-2)8(12)4-6)11-14-9(5-13)17-15-11/h3-4H,5,13H2,1-2H3. The van der Waals surface area contributed by atoms with E-state index in [-0.39, 0.29) is 18.1 Å². The van der Waals surface area contributed by atoms with Gasteiger partial charge in [0.25, 0.3) is 0 Å². The summed E-state index contributed by atoms with van der Waals surface area (Å²) in [6.45, 7) is 1.92. The Morgan fingerprint density at radius 3 is 2.82 bits per heavy atom. The number of rotatable bonds is 3. The van der Waals surface area contributed by atoms with E-state index in [4.69, 9.17) is 15.0 Å². The zero-order valence-corrected chi connectivity index (χ0v) is 9.53. The molecule has 0 saturated carbocycles. The molecule has 0 saturated heterocycles. The van der Waals surface area contributed by atoms with Crippen LogP contribution in [0.1, 0.15) is 11.5 Å². The van der Waals surface area contributed by atoms with Gasteiger partial charge in [0.2, 0.25) is 11.7 Å². The van der Waals surface area contributed by atoms with Gasteiger partial charge in [-0.3, -0.25) is 0 Å². The molecule has 0 aliphatic rings. The molecular formula is C11H12FN3O2. The Morgan fingerprint density at radius 1 is 1.47 bits per heavy atom. The summed E-state index contributed by atoms with van der Waals surface area (Å²) in [4.78, 5) is 4.04. The van der Waals surface area contributed by atoms with Crippen LogP contribution in [0, 0.1) is 12.7 Å². The molecule has 0 aliphatic heterocycles. The van der Waals surface area contributed by atoms with Crippen LogP contribution in [0.3, 0.4) is 0 Å². The van der Waals surface area contributed by atoms with Crippen LogP contribution in [0.15, 0.2) is 16.7 Å². The van der Waals surface area contributed by atoms with Gasteiger partial charge in [-0.2, -0.15) is 4.98 Å². The molecule has 6 heteroatoms. The van der Waals surface area contributed by atoms with Gasteiger partial charge in [-0.25, -0.2) is 4.39 Å². The maximum Gasteiger partial charge on any atom is 0.240 e. The number of hydrogen-bond acceptors (Lipinski definition) is 5. The maximum atomic E-state index is 13.6. The SMILES string of the molecule is COc1c(F)cc(C)cc1-c1noc(CN)n1. The average Bonchev–Trinajstić information content (AvgIpc) is 2.76. The topological polar surface area (TPSA) is 74.2 Å². The van der Waals surface area contributed by atoms with E-state index in [2.05, 4.69) is 10.1 Å². The highest BCUT2D eigenvalue weighted by molar-refractivity contribution is 5.65. The van der Waals surface area contributed by atoms with E-state index in [1.165, 1.54) is 13.2 Å². The van der Waals surface area contributed by atoms with Crippen molar-refractivity contribution in [1.29, 1.82) is 0 Å². The van der Waals surface area contributed by atoms with Crippen molar-refractivity contribution >= 4 is 0 Å². The first-order chi connectivity index (χ1) is 8.15. The zero-order valence-electron chi connectivity index (χ0n) is 9.53. The van der Waals surface area contributed by atoms with E-state index in [9.17, 15) is 4.39 Å². The van der Waals surface area contributed by atoms with Gasteiger partial charge in [0.15, 0.2) is 11.6 Å². The number of halogens is 1. The number of nitrogens with two attached hydrogens (primary N) is 1. The second kappa shape index (κ2) is 4.50. The van der Waals surface area contributed by atoms with Gasteiger partial charge in [-0.15, -0.1) is 0 Å². The van der Waals surface area contributed by atoms with E-state index < -0.39 is 5.82 Å². The van der Waals surface area contributed by atoms with Crippen LogP contribution in [0.2, 0.25) is 0 Å². The Morgan fingerprint density at radius 2 is 2.24 bits per heavy atom. The molecule has 1 aromatic carbocycles. The summed E-state index contributed by atoms with van der Waals surface area (Å²) in [7, 11) is 1.39. The monoisotopic (exact) mass is 237 g/mol. The third-order valence-corrected chi connectivity index (χ3v) is 2.28. The first-order valence-electron chi connectivity index (χ1n) is 5.03. The molecule has 0 radical (unpaired) electrons. The molecule has 1 heterocycles. The highest BCUT2D eigenvalue weighted by atomic mass is 19.1. The fourth-order valence-corrected chi connectivity index (χ4v) is 1.55. The van der Waals surface area contributed by atoms with Crippen molar-refractivity contribution in [3.05, 3.63) is 29.4 Å². The Labute approximate surface area is 97.4 Å². The molecule has 0 spiro atoms. The summed E-state index contributed by atoms with van der Waals surface area (Å²) in [6.07, 6.45) is 0. The smallest absolute Gasteiger partial charge is 0.240 e. The van der Waals surface area contributed by atoms with Crippen molar-refractivity contribution < 1.29 is 13.7 Å². The predicted octanol–water partition coefficient (Wildman–Crippen LogP) is 1.65. The number of ether oxygens (including phenoxy) is 1. The quantitative estimate of drug-likeness (QED) is 0.878. The molecule has 17 heavy (non-hydrogen) atoms. The van der Waals surface area contributed by atoms with E-state index >= 15 is 0 Å². The minimum absolute atomic E-state index is 0.0972. The van der Waals surface area contributed by atoms with Gasteiger partial charge in [0.05, 0.1) is 19.2 Å². The summed E-state index contributed by atoms with van der Waals surface area (Å²) in [5.74, 6) is 0.204. The fraction of sp³-hybridized carbons (Fsp3) is 0.273. The van der Waals surface area contributed by atoms with Crippen LogP contribution in [0.25, 0.3) is 11.4 Å². The van der Waals surface area contributed by atoms with E-state index in [1.54, 1.807) is 13.0 Å². The van der Waals surface area contributed by atoms with Crippen LogP contribution < -0.4 is 10.5 Å².